The first-order valence-electron chi connectivity index (χ1n) is 5.49. The third kappa shape index (κ3) is 3.62. The van der Waals surface area contributed by atoms with Crippen molar-refractivity contribution in [1.29, 1.82) is 0 Å². The van der Waals surface area contributed by atoms with Gasteiger partial charge in [-0.25, -0.2) is 4.79 Å². The molecule has 0 aliphatic rings. The van der Waals surface area contributed by atoms with E-state index in [4.69, 9.17) is 26.2 Å². The van der Waals surface area contributed by atoms with Gasteiger partial charge < -0.3 is 14.6 Å². The van der Waals surface area contributed by atoms with E-state index in [9.17, 15) is 4.79 Å². The summed E-state index contributed by atoms with van der Waals surface area (Å²) in [5.41, 5.74) is 0. The number of ether oxygens (including phenoxy) is 2. The van der Waals surface area contributed by atoms with Crippen molar-refractivity contribution in [3.8, 4) is 11.5 Å². The number of hydrogen-bond donors (Lipinski definition) is 1. The van der Waals surface area contributed by atoms with Crippen LogP contribution in [0.25, 0.3) is 0 Å². The molecule has 1 N–H and O–H groups in total. The highest BCUT2D eigenvalue weighted by Crippen LogP contribution is 2.25. The van der Waals surface area contributed by atoms with Gasteiger partial charge >= 0.3 is 5.97 Å². The predicted molar refractivity (Wildman–Crippen MR) is 73.7 cm³/mol. The summed E-state index contributed by atoms with van der Waals surface area (Å²) in [5.74, 6) is -0.0474. The fraction of sp³-hybridized carbons (Fsp3) is 0.154. The van der Waals surface area contributed by atoms with Crippen LogP contribution in [-0.2, 0) is 0 Å². The average Bonchev–Trinajstić information content (AvgIpc) is 2.85. The Balaban J connectivity index is 1.83. The van der Waals surface area contributed by atoms with E-state index in [0.29, 0.717) is 23.1 Å². The minimum absolute atomic E-state index is 0.192. The summed E-state index contributed by atoms with van der Waals surface area (Å²) in [5, 5.41) is 11.1. The highest BCUT2D eigenvalue weighted by atomic mass is 35.5. The van der Waals surface area contributed by atoms with Crippen molar-refractivity contribution in [2.24, 2.45) is 0 Å². The molecule has 6 heteroatoms. The van der Waals surface area contributed by atoms with E-state index in [0.717, 1.165) is 11.3 Å². The molecule has 0 aliphatic heterocycles. The second kappa shape index (κ2) is 6.45. The van der Waals surface area contributed by atoms with Crippen LogP contribution in [0.4, 0.5) is 0 Å². The molecule has 19 heavy (non-hydrogen) atoms. The lowest BCUT2D eigenvalue weighted by Crippen LogP contribution is -2.10. The van der Waals surface area contributed by atoms with Crippen molar-refractivity contribution >= 4 is 28.9 Å². The zero-order valence-electron chi connectivity index (χ0n) is 9.84. The lowest BCUT2D eigenvalue weighted by Gasteiger charge is -2.08. The van der Waals surface area contributed by atoms with Gasteiger partial charge in [0.1, 0.15) is 24.7 Å². The summed E-state index contributed by atoms with van der Waals surface area (Å²) in [6.45, 7) is 0.543. The molecule has 0 spiro atoms. The van der Waals surface area contributed by atoms with E-state index >= 15 is 0 Å². The highest BCUT2D eigenvalue weighted by Gasteiger charge is 2.12. The molecule has 0 aliphatic carbocycles. The molecule has 1 aromatic heterocycles. The molecule has 2 rings (SSSR count). The summed E-state index contributed by atoms with van der Waals surface area (Å²) < 4.78 is 10.8. The number of para-hydroxylation sites is 1. The number of benzene rings is 1. The average molecular weight is 299 g/mol. The van der Waals surface area contributed by atoms with Gasteiger partial charge in [0.2, 0.25) is 0 Å². The molecular weight excluding hydrogens is 288 g/mol. The van der Waals surface area contributed by atoms with Gasteiger partial charge in [0.25, 0.3) is 0 Å². The Morgan fingerprint density at radius 2 is 1.84 bits per heavy atom. The van der Waals surface area contributed by atoms with Crippen molar-refractivity contribution in [3.05, 3.63) is 45.6 Å². The molecule has 1 heterocycles. The molecule has 0 unspecified atom stereocenters. The van der Waals surface area contributed by atoms with Crippen LogP contribution in [0.5, 0.6) is 11.5 Å². The van der Waals surface area contributed by atoms with Gasteiger partial charge in [-0.15, -0.1) is 11.3 Å². The van der Waals surface area contributed by atoms with Crippen LogP contribution in [0, 0.1) is 0 Å². The van der Waals surface area contributed by atoms with Gasteiger partial charge in [-0.3, -0.25) is 0 Å². The number of carbonyl (C=O) groups is 1. The van der Waals surface area contributed by atoms with E-state index in [-0.39, 0.29) is 11.5 Å². The topological polar surface area (TPSA) is 55.8 Å². The van der Waals surface area contributed by atoms with Gasteiger partial charge in [0.15, 0.2) is 4.88 Å². The van der Waals surface area contributed by atoms with E-state index in [1.807, 2.05) is 12.1 Å². The van der Waals surface area contributed by atoms with Crippen LogP contribution in [0.15, 0.2) is 35.7 Å². The normalized spacial score (nSPS) is 10.2. The Kier molecular flexibility index (Phi) is 4.65. The van der Waals surface area contributed by atoms with Crippen molar-refractivity contribution in [2.75, 3.05) is 13.2 Å². The summed E-state index contributed by atoms with van der Waals surface area (Å²) in [4.78, 5) is 11.1. The van der Waals surface area contributed by atoms with Crippen molar-refractivity contribution < 1.29 is 19.4 Å². The fourth-order valence-electron chi connectivity index (χ4n) is 1.43. The van der Waals surface area contributed by atoms with Gasteiger partial charge in [-0.2, -0.15) is 0 Å². The van der Waals surface area contributed by atoms with Crippen molar-refractivity contribution in [1.82, 2.24) is 0 Å². The van der Waals surface area contributed by atoms with Gasteiger partial charge in [0, 0.05) is 0 Å². The lowest BCUT2D eigenvalue weighted by molar-refractivity contribution is 0.0697. The Hall–Kier alpha value is -1.72. The van der Waals surface area contributed by atoms with Crippen LogP contribution < -0.4 is 9.47 Å². The number of carboxylic acids is 1. The zero-order valence-corrected chi connectivity index (χ0v) is 11.4. The first-order chi connectivity index (χ1) is 9.18. The predicted octanol–water partition coefficient (Wildman–Crippen LogP) is 3.56. The van der Waals surface area contributed by atoms with Gasteiger partial charge in [-0.1, -0.05) is 23.7 Å². The third-order valence-corrected chi connectivity index (χ3v) is 3.45. The standard InChI is InChI=1S/C13H11ClO4S/c14-9-3-1-2-4-10(9)17-6-7-18-11-5-8-19-12(11)13(15)16/h1-5,8H,6-7H2,(H,15,16). The van der Waals surface area contributed by atoms with Crippen LogP contribution in [0.1, 0.15) is 9.67 Å². The van der Waals surface area contributed by atoms with E-state index in [1.54, 1.807) is 23.6 Å². The zero-order chi connectivity index (χ0) is 13.7. The fourth-order valence-corrected chi connectivity index (χ4v) is 2.29. The summed E-state index contributed by atoms with van der Waals surface area (Å²) in [7, 11) is 0. The largest absolute Gasteiger partial charge is 0.488 e. The molecule has 1 aromatic carbocycles. The van der Waals surface area contributed by atoms with Crippen LogP contribution in [-0.4, -0.2) is 24.3 Å². The monoisotopic (exact) mass is 298 g/mol. The molecule has 4 nitrogen and oxygen atoms in total. The Morgan fingerprint density at radius 1 is 1.16 bits per heavy atom. The Morgan fingerprint density at radius 3 is 2.53 bits per heavy atom. The number of halogens is 1. The Bertz CT molecular complexity index is 567. The van der Waals surface area contributed by atoms with Crippen LogP contribution >= 0.6 is 22.9 Å². The number of aromatic carboxylic acids is 1. The quantitative estimate of drug-likeness (QED) is 0.829. The maximum Gasteiger partial charge on any atom is 0.349 e. The van der Waals surface area contributed by atoms with E-state index in [2.05, 4.69) is 0 Å². The first-order valence-corrected chi connectivity index (χ1v) is 6.75. The van der Waals surface area contributed by atoms with Gasteiger partial charge in [0.05, 0.1) is 5.02 Å². The summed E-state index contributed by atoms with van der Waals surface area (Å²) >= 11 is 7.06. The molecule has 0 radical (unpaired) electrons. The number of thiophene rings is 1. The third-order valence-electron chi connectivity index (χ3n) is 2.26. The number of carboxylic acid groups (broad SMARTS) is 1. The maximum absolute atomic E-state index is 10.9. The van der Waals surface area contributed by atoms with Crippen molar-refractivity contribution in [3.63, 3.8) is 0 Å². The minimum atomic E-state index is -0.989. The van der Waals surface area contributed by atoms with Crippen molar-refractivity contribution in [2.45, 2.75) is 0 Å². The molecule has 2 aromatic rings. The molecule has 0 amide bonds. The molecule has 0 bridgehead atoms. The van der Waals surface area contributed by atoms with Crippen LogP contribution in [0.2, 0.25) is 5.02 Å². The van der Waals surface area contributed by atoms with Crippen LogP contribution in [0.3, 0.4) is 0 Å². The SMILES string of the molecule is O=C(O)c1sccc1OCCOc1ccccc1Cl. The highest BCUT2D eigenvalue weighted by molar-refractivity contribution is 7.12. The van der Waals surface area contributed by atoms with E-state index in [1.165, 1.54) is 0 Å². The second-order valence-electron chi connectivity index (χ2n) is 3.55. The lowest BCUT2D eigenvalue weighted by atomic mass is 10.3. The molecule has 0 saturated heterocycles. The maximum atomic E-state index is 10.9. The smallest absolute Gasteiger partial charge is 0.349 e. The molecule has 0 saturated carbocycles. The Labute approximate surface area is 119 Å². The molecule has 100 valence electrons. The first kappa shape index (κ1) is 13.7. The second-order valence-corrected chi connectivity index (χ2v) is 4.87. The molecular formula is C13H11ClO4S. The minimum Gasteiger partial charge on any atom is -0.488 e. The van der Waals surface area contributed by atoms with Gasteiger partial charge in [-0.05, 0) is 23.6 Å². The number of rotatable bonds is 6. The summed E-state index contributed by atoms with van der Waals surface area (Å²) in [6.07, 6.45) is 0. The molecule has 0 fully saturated rings. The summed E-state index contributed by atoms with van der Waals surface area (Å²) in [6, 6.07) is 8.76. The molecule has 0 atom stereocenters. The van der Waals surface area contributed by atoms with E-state index < -0.39 is 5.97 Å². The number of hydrogen-bond acceptors (Lipinski definition) is 4.